The van der Waals surface area contributed by atoms with Gasteiger partial charge in [-0.3, -0.25) is 4.79 Å². The van der Waals surface area contributed by atoms with Gasteiger partial charge in [-0.25, -0.2) is 9.78 Å². The maximum Gasteiger partial charge on any atom is 0.315 e. The smallest absolute Gasteiger partial charge is 0.315 e. The minimum absolute atomic E-state index is 0.0692. The number of aromatic nitrogens is 1. The third-order valence-electron chi connectivity index (χ3n) is 5.08. The number of thiazole rings is 1. The normalized spacial score (nSPS) is 18.5. The Balaban J connectivity index is 1.56. The number of carbonyl (C=O) groups excluding carboxylic acids is 2. The third kappa shape index (κ3) is 6.19. The summed E-state index contributed by atoms with van der Waals surface area (Å²) in [5.41, 5.74) is 2.68. The predicted octanol–water partition coefficient (Wildman–Crippen LogP) is 3.70. The van der Waals surface area contributed by atoms with Gasteiger partial charge < -0.3 is 20.7 Å². The number of nitrogens with one attached hydrogen (secondary N) is 3. The number of rotatable bonds is 7. The Morgan fingerprint density at radius 1 is 1.10 bits per heavy atom. The first-order chi connectivity index (χ1) is 14.4. The van der Waals surface area contributed by atoms with E-state index in [1.807, 2.05) is 32.9 Å². The summed E-state index contributed by atoms with van der Waals surface area (Å²) in [6, 6.07) is 5.71. The molecule has 0 unspecified atom stereocenters. The van der Waals surface area contributed by atoms with Crippen molar-refractivity contribution < 1.29 is 14.3 Å². The molecule has 0 spiro atoms. The van der Waals surface area contributed by atoms with Crippen LogP contribution < -0.4 is 20.7 Å². The van der Waals surface area contributed by atoms with E-state index in [1.54, 1.807) is 5.38 Å². The number of carbonyl (C=O) groups is 2. The number of hydrogen-bond acceptors (Lipinski definition) is 5. The molecule has 162 valence electrons. The summed E-state index contributed by atoms with van der Waals surface area (Å²) in [4.78, 5) is 29.0. The molecule has 0 saturated heterocycles. The van der Waals surface area contributed by atoms with E-state index in [2.05, 4.69) is 27.0 Å². The number of aryl methyl sites for hydroxylation is 2. The van der Waals surface area contributed by atoms with Crippen LogP contribution in [0.2, 0.25) is 0 Å². The number of ether oxygens (including phenoxy) is 1. The van der Waals surface area contributed by atoms with Gasteiger partial charge in [0.05, 0.1) is 6.04 Å². The highest BCUT2D eigenvalue weighted by Crippen LogP contribution is 2.21. The molecule has 30 heavy (non-hydrogen) atoms. The zero-order valence-electron chi connectivity index (χ0n) is 17.8. The van der Waals surface area contributed by atoms with Crippen LogP contribution in [-0.4, -0.2) is 35.6 Å². The molecule has 0 aliphatic heterocycles. The van der Waals surface area contributed by atoms with Gasteiger partial charge in [0.25, 0.3) is 5.91 Å². The summed E-state index contributed by atoms with van der Waals surface area (Å²) >= 11 is 1.41. The average Bonchev–Trinajstić information content (AvgIpc) is 3.17. The second kappa shape index (κ2) is 10.4. The summed E-state index contributed by atoms with van der Waals surface area (Å²) in [5, 5.41) is 11.3. The van der Waals surface area contributed by atoms with Crippen molar-refractivity contribution in [3.8, 4) is 5.75 Å². The van der Waals surface area contributed by atoms with Crippen LogP contribution in [0.3, 0.4) is 0 Å². The highest BCUT2D eigenvalue weighted by Gasteiger charge is 2.28. The molecule has 1 saturated carbocycles. The second-order valence-corrected chi connectivity index (χ2v) is 8.66. The number of hydrogen-bond donors (Lipinski definition) is 3. The van der Waals surface area contributed by atoms with Crippen molar-refractivity contribution in [1.29, 1.82) is 0 Å². The van der Waals surface area contributed by atoms with E-state index >= 15 is 0 Å². The van der Waals surface area contributed by atoms with Gasteiger partial charge in [-0.1, -0.05) is 18.9 Å². The van der Waals surface area contributed by atoms with E-state index in [9.17, 15) is 9.59 Å². The Morgan fingerprint density at radius 3 is 2.43 bits per heavy atom. The largest absolute Gasteiger partial charge is 0.486 e. The third-order valence-corrected chi connectivity index (χ3v) is 5.90. The van der Waals surface area contributed by atoms with Crippen molar-refractivity contribution in [3.05, 3.63) is 45.4 Å². The quantitative estimate of drug-likeness (QED) is 0.625. The molecular formula is C22H30N4O3S. The molecule has 3 amide bonds. The molecule has 2 atom stereocenters. The summed E-state index contributed by atoms with van der Waals surface area (Å²) in [6.45, 7) is 6.84. The molecule has 0 bridgehead atoms. The second-order valence-electron chi connectivity index (χ2n) is 7.71. The van der Waals surface area contributed by atoms with E-state index < -0.39 is 0 Å². The Kier molecular flexibility index (Phi) is 7.68. The topological polar surface area (TPSA) is 92.4 Å². The van der Waals surface area contributed by atoms with Gasteiger partial charge in [0.15, 0.2) is 0 Å². The van der Waals surface area contributed by atoms with Crippen LogP contribution in [0.25, 0.3) is 0 Å². The van der Waals surface area contributed by atoms with Gasteiger partial charge in [0.2, 0.25) is 0 Å². The van der Waals surface area contributed by atoms with Gasteiger partial charge >= 0.3 is 6.03 Å². The van der Waals surface area contributed by atoms with Gasteiger partial charge in [0, 0.05) is 18.0 Å². The summed E-state index contributed by atoms with van der Waals surface area (Å²) in [6.07, 6.45) is 3.77. The van der Waals surface area contributed by atoms with Crippen LogP contribution in [0, 0.1) is 13.8 Å². The molecule has 1 aliphatic carbocycles. The van der Waals surface area contributed by atoms with E-state index in [4.69, 9.17) is 4.74 Å². The lowest BCUT2D eigenvalue weighted by Gasteiger charge is -2.32. The number of nitrogens with zero attached hydrogens (tertiary/aromatic N) is 1. The summed E-state index contributed by atoms with van der Waals surface area (Å²) in [7, 11) is 0. The zero-order valence-corrected chi connectivity index (χ0v) is 18.6. The van der Waals surface area contributed by atoms with Gasteiger partial charge in [-0.05, 0) is 56.9 Å². The number of amides is 3. The highest BCUT2D eigenvalue weighted by molar-refractivity contribution is 7.09. The monoisotopic (exact) mass is 430 g/mol. The fraction of sp³-hybridized carbons (Fsp3) is 0.500. The van der Waals surface area contributed by atoms with Crippen LogP contribution in [0.5, 0.6) is 5.75 Å². The van der Waals surface area contributed by atoms with Crippen molar-refractivity contribution >= 4 is 23.3 Å². The summed E-state index contributed by atoms with van der Waals surface area (Å²) < 4.78 is 5.84. The molecule has 1 aliphatic rings. The maximum absolute atomic E-state index is 12.7. The van der Waals surface area contributed by atoms with Crippen molar-refractivity contribution in [2.45, 2.75) is 65.1 Å². The molecule has 2 aromatic rings. The van der Waals surface area contributed by atoms with Crippen LogP contribution in [0.15, 0.2) is 23.6 Å². The number of urea groups is 1. The minimum atomic E-state index is -0.210. The average molecular weight is 431 g/mol. The van der Waals surface area contributed by atoms with Gasteiger partial charge in [-0.15, -0.1) is 11.3 Å². The molecule has 1 aromatic carbocycles. The number of benzene rings is 1. The van der Waals surface area contributed by atoms with E-state index in [0.717, 1.165) is 47.6 Å². The SMILES string of the molecule is CCNC(=O)N[C@H]1CCCC[C@@H]1NC(=O)c1csc(COc2cc(C)cc(C)c2)n1. The van der Waals surface area contributed by atoms with E-state index in [0.29, 0.717) is 18.8 Å². The first-order valence-corrected chi connectivity index (χ1v) is 11.3. The van der Waals surface area contributed by atoms with Crippen LogP contribution in [0.4, 0.5) is 4.79 Å². The van der Waals surface area contributed by atoms with Crippen LogP contribution in [-0.2, 0) is 6.61 Å². The van der Waals surface area contributed by atoms with E-state index in [-0.39, 0.29) is 24.0 Å². The molecule has 1 fully saturated rings. The maximum atomic E-state index is 12.7. The molecular weight excluding hydrogens is 400 g/mol. The Bertz CT molecular complexity index is 863. The standard InChI is InChI=1S/C22H30N4O3S/c1-4-23-22(28)26-18-8-6-5-7-17(18)25-21(27)19-13-30-20(24-19)12-29-16-10-14(2)9-15(3)11-16/h9-11,13,17-18H,4-8,12H2,1-3H3,(H,25,27)(H2,23,26,28)/t17-,18-/m0/s1. The van der Waals surface area contributed by atoms with Crippen LogP contribution >= 0.6 is 11.3 Å². The Hall–Kier alpha value is -2.61. The van der Waals surface area contributed by atoms with Gasteiger partial charge in [-0.2, -0.15) is 0 Å². The lowest BCUT2D eigenvalue weighted by atomic mass is 9.90. The van der Waals surface area contributed by atoms with Crippen molar-refractivity contribution in [2.24, 2.45) is 0 Å². The highest BCUT2D eigenvalue weighted by atomic mass is 32.1. The Morgan fingerprint density at radius 2 is 1.77 bits per heavy atom. The van der Waals surface area contributed by atoms with Crippen molar-refractivity contribution in [3.63, 3.8) is 0 Å². The fourth-order valence-corrected chi connectivity index (χ4v) is 4.43. The first-order valence-electron chi connectivity index (χ1n) is 10.5. The summed E-state index contributed by atoms with van der Waals surface area (Å²) in [5.74, 6) is 0.591. The van der Waals surface area contributed by atoms with Crippen molar-refractivity contribution in [1.82, 2.24) is 20.9 Å². The molecule has 1 heterocycles. The molecule has 3 N–H and O–H groups in total. The van der Waals surface area contributed by atoms with Crippen LogP contribution in [0.1, 0.15) is 59.2 Å². The molecule has 7 nitrogen and oxygen atoms in total. The fourth-order valence-electron chi connectivity index (χ4n) is 3.74. The van der Waals surface area contributed by atoms with E-state index in [1.165, 1.54) is 11.3 Å². The molecule has 1 aromatic heterocycles. The lowest BCUT2D eigenvalue weighted by molar-refractivity contribution is 0.0911. The molecule has 0 radical (unpaired) electrons. The van der Waals surface area contributed by atoms with Crippen molar-refractivity contribution in [2.75, 3.05) is 6.54 Å². The Labute approximate surface area is 181 Å². The first kappa shape index (κ1) is 22.1. The predicted molar refractivity (Wildman–Crippen MR) is 118 cm³/mol. The molecule has 3 rings (SSSR count). The minimum Gasteiger partial charge on any atom is -0.486 e. The lowest BCUT2D eigenvalue weighted by Crippen LogP contribution is -2.55. The van der Waals surface area contributed by atoms with Gasteiger partial charge in [0.1, 0.15) is 23.1 Å². The zero-order chi connectivity index (χ0) is 21.5. The molecule has 8 heteroatoms.